The molecule has 28 heavy (non-hydrogen) atoms. The van der Waals surface area contributed by atoms with Crippen LogP contribution in [0.25, 0.3) is 11.0 Å². The number of halogens is 1. The van der Waals surface area contributed by atoms with Gasteiger partial charge < -0.3 is 4.74 Å². The normalized spacial score (nSPS) is 11.1. The summed E-state index contributed by atoms with van der Waals surface area (Å²) < 4.78 is 24.0. The lowest BCUT2D eigenvalue weighted by Gasteiger charge is -2.07. The number of aryl methyl sites for hydroxylation is 1. The first-order chi connectivity index (χ1) is 13.6. The summed E-state index contributed by atoms with van der Waals surface area (Å²) in [5, 5.41) is 0. The van der Waals surface area contributed by atoms with Gasteiger partial charge in [0.25, 0.3) is 0 Å². The average Bonchev–Trinajstić information content (AvgIpc) is 2.97. The maximum atomic E-state index is 14.2. The molecular weight excluding hydrogens is 353 g/mol. The van der Waals surface area contributed by atoms with Crippen LogP contribution in [0, 0.1) is 12.7 Å². The van der Waals surface area contributed by atoms with Gasteiger partial charge in [0, 0.05) is 5.56 Å². The summed E-state index contributed by atoms with van der Waals surface area (Å²) in [6, 6.07) is 22.7. The summed E-state index contributed by atoms with van der Waals surface area (Å²) in [6.45, 7) is 3.52. The Morgan fingerprint density at radius 1 is 0.964 bits per heavy atom. The van der Waals surface area contributed by atoms with Gasteiger partial charge in [-0.05, 0) is 37.3 Å². The maximum Gasteiger partial charge on any atom is 0.356 e. The van der Waals surface area contributed by atoms with E-state index in [-0.39, 0.29) is 5.82 Å². The minimum Gasteiger partial charge on any atom is -0.490 e. The van der Waals surface area contributed by atoms with E-state index in [1.54, 1.807) is 12.1 Å². The van der Waals surface area contributed by atoms with E-state index in [0.717, 1.165) is 16.8 Å². The number of ether oxygens (including phenoxy) is 1. The number of para-hydroxylation sites is 2. The zero-order chi connectivity index (χ0) is 19.5. The largest absolute Gasteiger partial charge is 0.490 e. The van der Waals surface area contributed by atoms with Crippen molar-refractivity contribution < 1.29 is 13.7 Å². The second-order valence-corrected chi connectivity index (χ2v) is 6.84. The van der Waals surface area contributed by atoms with Crippen molar-refractivity contribution in [2.75, 3.05) is 12.3 Å². The molecule has 0 aliphatic rings. The molecule has 0 aliphatic carbocycles. The summed E-state index contributed by atoms with van der Waals surface area (Å²) in [7, 11) is 0. The molecule has 4 nitrogen and oxygen atoms in total. The molecule has 0 aliphatic heterocycles. The molecule has 4 aromatic rings. The van der Waals surface area contributed by atoms with Crippen LogP contribution in [0.4, 0.5) is 10.3 Å². The second kappa shape index (κ2) is 7.72. The highest BCUT2D eigenvalue weighted by molar-refractivity contribution is 5.73. The van der Waals surface area contributed by atoms with Crippen molar-refractivity contribution in [3.63, 3.8) is 0 Å². The fourth-order valence-electron chi connectivity index (χ4n) is 3.40. The third-order valence-corrected chi connectivity index (χ3v) is 4.91. The molecule has 0 radical (unpaired) electrons. The Morgan fingerprint density at radius 3 is 2.46 bits per heavy atom. The van der Waals surface area contributed by atoms with Crippen LogP contribution in [0.1, 0.15) is 11.1 Å². The molecule has 0 amide bonds. The number of aromatic nitrogens is 2. The molecule has 0 bridgehead atoms. The van der Waals surface area contributed by atoms with Gasteiger partial charge in [-0.15, -0.1) is 0 Å². The SMILES string of the molecule is Cc1ccc(OCCn2c(N)[n+](Cc3ccccc3F)c3ccccc32)cc1. The molecule has 1 aromatic heterocycles. The van der Waals surface area contributed by atoms with Gasteiger partial charge in [-0.3, -0.25) is 5.73 Å². The topological polar surface area (TPSA) is 44.1 Å². The first-order valence-corrected chi connectivity index (χ1v) is 9.33. The van der Waals surface area contributed by atoms with Crippen LogP contribution in [-0.4, -0.2) is 11.2 Å². The van der Waals surface area contributed by atoms with Crippen molar-refractivity contribution >= 4 is 17.0 Å². The van der Waals surface area contributed by atoms with E-state index in [9.17, 15) is 4.39 Å². The van der Waals surface area contributed by atoms with Gasteiger partial charge in [-0.2, -0.15) is 0 Å². The lowest BCUT2D eigenvalue weighted by atomic mass is 10.2. The van der Waals surface area contributed by atoms with Crippen LogP contribution < -0.4 is 15.0 Å². The fraction of sp³-hybridized carbons (Fsp3) is 0.174. The number of rotatable bonds is 6. The van der Waals surface area contributed by atoms with Crippen LogP contribution >= 0.6 is 0 Å². The van der Waals surface area contributed by atoms with Crippen molar-refractivity contribution in [2.24, 2.45) is 0 Å². The lowest BCUT2D eigenvalue weighted by molar-refractivity contribution is -0.648. The van der Waals surface area contributed by atoms with Gasteiger partial charge in [0.05, 0.1) is 0 Å². The number of anilines is 1. The van der Waals surface area contributed by atoms with Crippen molar-refractivity contribution in [1.82, 2.24) is 4.57 Å². The van der Waals surface area contributed by atoms with E-state index < -0.39 is 0 Å². The lowest BCUT2D eigenvalue weighted by Crippen LogP contribution is -2.37. The van der Waals surface area contributed by atoms with E-state index >= 15 is 0 Å². The summed E-state index contributed by atoms with van der Waals surface area (Å²) >= 11 is 0. The Bertz CT molecular complexity index is 1100. The number of imidazole rings is 1. The van der Waals surface area contributed by atoms with Gasteiger partial charge in [-0.1, -0.05) is 48.0 Å². The molecule has 0 saturated heterocycles. The monoisotopic (exact) mass is 376 g/mol. The molecule has 0 saturated carbocycles. The van der Waals surface area contributed by atoms with E-state index in [2.05, 4.69) is 0 Å². The molecule has 0 unspecified atom stereocenters. The Balaban J connectivity index is 1.60. The molecule has 5 heteroatoms. The van der Waals surface area contributed by atoms with Gasteiger partial charge in [0.1, 0.15) is 42.3 Å². The Labute approximate surface area is 163 Å². The number of fused-ring (bicyclic) bond motifs is 1. The van der Waals surface area contributed by atoms with E-state index in [4.69, 9.17) is 10.5 Å². The molecule has 0 fully saturated rings. The number of benzene rings is 3. The molecule has 3 aromatic carbocycles. The molecule has 1 heterocycles. The van der Waals surface area contributed by atoms with Crippen LogP contribution in [0.5, 0.6) is 5.75 Å². The highest BCUT2D eigenvalue weighted by Crippen LogP contribution is 2.18. The highest BCUT2D eigenvalue weighted by Gasteiger charge is 2.21. The molecule has 0 atom stereocenters. The van der Waals surface area contributed by atoms with Gasteiger partial charge in [0.2, 0.25) is 0 Å². The van der Waals surface area contributed by atoms with Crippen LogP contribution in [0.2, 0.25) is 0 Å². The highest BCUT2D eigenvalue weighted by atomic mass is 19.1. The third kappa shape index (κ3) is 3.56. The first kappa shape index (κ1) is 18.0. The zero-order valence-corrected chi connectivity index (χ0v) is 15.8. The molecular formula is C23H23FN3O+. The summed E-state index contributed by atoms with van der Waals surface area (Å²) in [4.78, 5) is 0. The minimum absolute atomic E-state index is 0.228. The third-order valence-electron chi connectivity index (χ3n) is 4.91. The van der Waals surface area contributed by atoms with Crippen LogP contribution in [-0.2, 0) is 13.1 Å². The smallest absolute Gasteiger partial charge is 0.356 e. The van der Waals surface area contributed by atoms with E-state index in [1.165, 1.54) is 11.6 Å². The summed E-state index contributed by atoms with van der Waals surface area (Å²) in [6.07, 6.45) is 0. The van der Waals surface area contributed by atoms with E-state index in [1.807, 2.05) is 70.7 Å². The summed E-state index contributed by atoms with van der Waals surface area (Å²) in [5.74, 6) is 1.19. The van der Waals surface area contributed by atoms with E-state index in [0.29, 0.717) is 31.2 Å². The van der Waals surface area contributed by atoms with Crippen molar-refractivity contribution in [2.45, 2.75) is 20.0 Å². The minimum atomic E-state index is -0.228. The quantitative estimate of drug-likeness (QED) is 0.515. The van der Waals surface area contributed by atoms with Crippen molar-refractivity contribution in [1.29, 1.82) is 0 Å². The van der Waals surface area contributed by atoms with Gasteiger partial charge >= 0.3 is 5.95 Å². The Hall–Kier alpha value is -3.34. The first-order valence-electron chi connectivity index (χ1n) is 9.33. The zero-order valence-electron chi connectivity index (χ0n) is 15.8. The maximum absolute atomic E-state index is 14.2. The van der Waals surface area contributed by atoms with Crippen LogP contribution in [0.15, 0.2) is 72.8 Å². The number of hydrogen-bond donors (Lipinski definition) is 1. The van der Waals surface area contributed by atoms with Crippen molar-refractivity contribution in [3.8, 4) is 5.75 Å². The van der Waals surface area contributed by atoms with Gasteiger partial charge in [0.15, 0.2) is 0 Å². The number of nitrogen functional groups attached to an aromatic ring is 1. The van der Waals surface area contributed by atoms with Crippen molar-refractivity contribution in [3.05, 3.63) is 89.7 Å². The van der Waals surface area contributed by atoms with Crippen LogP contribution in [0.3, 0.4) is 0 Å². The number of hydrogen-bond acceptors (Lipinski definition) is 2. The molecule has 4 rings (SSSR count). The Kier molecular flexibility index (Phi) is 4.98. The molecule has 142 valence electrons. The average molecular weight is 376 g/mol. The summed E-state index contributed by atoms with van der Waals surface area (Å²) in [5.41, 5.74) is 10.2. The van der Waals surface area contributed by atoms with Gasteiger partial charge in [-0.25, -0.2) is 13.5 Å². The second-order valence-electron chi connectivity index (χ2n) is 6.84. The molecule has 0 spiro atoms. The predicted octanol–water partition coefficient (Wildman–Crippen LogP) is 4.09. The Morgan fingerprint density at radius 2 is 1.68 bits per heavy atom. The standard InChI is InChI=1S/C23H22FN3O/c1-17-10-12-19(13-11-17)28-15-14-26-21-8-4-5-9-22(21)27(23(26)25)16-18-6-2-3-7-20(18)24/h2-13,25H,14-16H2,1H3/p+1. The number of nitrogens with zero attached hydrogens (tertiary/aromatic N) is 2. The fourth-order valence-corrected chi connectivity index (χ4v) is 3.40. The predicted molar refractivity (Wildman–Crippen MR) is 109 cm³/mol. The number of nitrogens with two attached hydrogens (primary N) is 1. The molecule has 2 N–H and O–H groups in total.